The fourth-order valence-corrected chi connectivity index (χ4v) is 2.61. The molecular weight excluding hydrogens is 208 g/mol. The van der Waals surface area contributed by atoms with Crippen LogP contribution in [0.25, 0.3) is 0 Å². The van der Waals surface area contributed by atoms with Crippen molar-refractivity contribution in [3.05, 3.63) is 0 Å². The molecule has 1 N–H and O–H groups in total. The Morgan fingerprint density at radius 1 is 0.867 bits per heavy atom. The van der Waals surface area contributed by atoms with E-state index in [1.165, 1.54) is 0 Å². The molecule has 7 heteroatoms. The molecule has 0 aromatic heterocycles. The largest absolute Gasteiger partial charge is 0.509 e. The zero-order chi connectivity index (χ0) is 10.2. The fraction of sp³-hybridized carbons (Fsp3) is 0.875. The number of aliphatic hydroxyl groups is 1. The van der Waals surface area contributed by atoms with Gasteiger partial charge in [0, 0.05) is 0 Å². The molecule has 1 saturated carbocycles. The smallest absolute Gasteiger partial charge is 0.425 e. The summed E-state index contributed by atoms with van der Waals surface area (Å²) in [5.41, 5.74) is 0. The Hall–Kier alpha value is -0.890. The van der Waals surface area contributed by atoms with E-state index in [9.17, 15) is 9.90 Å². The van der Waals surface area contributed by atoms with Gasteiger partial charge in [-0.3, -0.25) is 0 Å². The number of aliphatic hydroxyl groups excluding tert-OH is 1. The molecule has 7 nitrogen and oxygen atoms in total. The molecule has 4 aliphatic heterocycles. The van der Waals surface area contributed by atoms with Crippen molar-refractivity contribution < 1.29 is 33.6 Å². The van der Waals surface area contributed by atoms with Crippen LogP contribution in [0, 0.1) is 0 Å². The predicted molar refractivity (Wildman–Crippen MR) is 39.6 cm³/mol. The first kappa shape index (κ1) is 8.28. The normalized spacial score (nSPS) is 60.1. The van der Waals surface area contributed by atoms with E-state index in [4.69, 9.17) is 23.7 Å². The summed E-state index contributed by atoms with van der Waals surface area (Å²) in [6.45, 7) is -0.777. The van der Waals surface area contributed by atoms with Crippen molar-refractivity contribution in [3.63, 3.8) is 0 Å². The third kappa shape index (κ3) is 0.871. The van der Waals surface area contributed by atoms with Gasteiger partial charge in [-0.25, -0.2) is 4.79 Å². The van der Waals surface area contributed by atoms with Crippen molar-refractivity contribution in [2.75, 3.05) is 0 Å². The molecule has 7 atom stereocenters. The van der Waals surface area contributed by atoms with Crippen LogP contribution in [0.2, 0.25) is 0 Å². The summed E-state index contributed by atoms with van der Waals surface area (Å²) in [7, 11) is 0. The van der Waals surface area contributed by atoms with Gasteiger partial charge < -0.3 is 28.8 Å². The van der Waals surface area contributed by atoms with Crippen LogP contribution >= 0.6 is 0 Å². The third-order valence-corrected chi connectivity index (χ3v) is 3.24. The molecule has 82 valence electrons. The monoisotopic (exact) mass is 216 g/mol. The zero-order valence-electron chi connectivity index (χ0n) is 7.44. The Labute approximate surface area is 83.8 Å². The van der Waals surface area contributed by atoms with Gasteiger partial charge in [0.05, 0.1) is 0 Å². The molecule has 0 spiro atoms. The predicted octanol–water partition coefficient (Wildman–Crippen LogP) is -1.27. The van der Waals surface area contributed by atoms with E-state index in [-0.39, 0.29) is 0 Å². The molecule has 1 aliphatic carbocycles. The van der Waals surface area contributed by atoms with Crippen molar-refractivity contribution in [2.24, 2.45) is 0 Å². The van der Waals surface area contributed by atoms with Crippen LogP contribution in [0.4, 0.5) is 4.79 Å². The van der Waals surface area contributed by atoms with Crippen LogP contribution < -0.4 is 0 Å². The fourth-order valence-electron chi connectivity index (χ4n) is 2.61. The van der Waals surface area contributed by atoms with Crippen LogP contribution in [0.15, 0.2) is 0 Å². The summed E-state index contributed by atoms with van der Waals surface area (Å²) in [6.07, 6.45) is -4.34. The van der Waals surface area contributed by atoms with E-state index in [2.05, 4.69) is 0 Å². The van der Waals surface area contributed by atoms with E-state index in [1.54, 1.807) is 0 Å². The maximum atomic E-state index is 11.1. The molecule has 5 fully saturated rings. The van der Waals surface area contributed by atoms with Crippen LogP contribution in [0.3, 0.4) is 0 Å². The second-order valence-corrected chi connectivity index (χ2v) is 4.00. The van der Waals surface area contributed by atoms with Crippen LogP contribution in [0.5, 0.6) is 0 Å². The summed E-state index contributed by atoms with van der Waals surface area (Å²) in [5, 5.41) is 9.84. The van der Waals surface area contributed by atoms with Gasteiger partial charge in [-0.05, 0) is 0 Å². The number of ether oxygens (including phenoxy) is 5. The van der Waals surface area contributed by atoms with Crippen molar-refractivity contribution in [1.29, 1.82) is 0 Å². The Morgan fingerprint density at radius 3 is 2.00 bits per heavy atom. The summed E-state index contributed by atoms with van der Waals surface area (Å²) in [5.74, 6) is 0. The minimum Gasteiger partial charge on any atom is -0.425 e. The second-order valence-electron chi connectivity index (χ2n) is 4.00. The maximum Gasteiger partial charge on any atom is 0.509 e. The van der Waals surface area contributed by atoms with E-state index in [0.717, 1.165) is 0 Å². The lowest BCUT2D eigenvalue weighted by Crippen LogP contribution is -2.78. The minimum atomic E-state index is -0.843. The molecule has 0 aromatic carbocycles. The Morgan fingerprint density at radius 2 is 1.40 bits per heavy atom. The minimum absolute atomic E-state index is 0.395. The SMILES string of the molecule is O=C1O[C@@H]2C3OC4O[C@@H]2C(O)[C@H](O4)[C@H]3O1. The molecule has 6 bridgehead atoms. The maximum absolute atomic E-state index is 11.1. The molecule has 0 amide bonds. The van der Waals surface area contributed by atoms with Gasteiger partial charge in [-0.2, -0.15) is 0 Å². The molecule has 3 unspecified atom stereocenters. The highest BCUT2D eigenvalue weighted by atomic mass is 16.9. The van der Waals surface area contributed by atoms with Gasteiger partial charge in [0.15, 0.2) is 12.2 Å². The Bertz CT molecular complexity index is 291. The molecular formula is C8H8O7. The molecule has 5 rings (SSSR count). The number of hydrogen-bond donors (Lipinski definition) is 1. The first-order valence-electron chi connectivity index (χ1n) is 4.76. The third-order valence-electron chi connectivity index (χ3n) is 3.24. The average molecular weight is 216 g/mol. The number of hydrogen-bond acceptors (Lipinski definition) is 7. The highest BCUT2D eigenvalue weighted by Crippen LogP contribution is 2.44. The van der Waals surface area contributed by atoms with Gasteiger partial charge in [-0.15, -0.1) is 0 Å². The van der Waals surface area contributed by atoms with Crippen molar-refractivity contribution in [1.82, 2.24) is 0 Å². The first-order valence-corrected chi connectivity index (χ1v) is 4.76. The van der Waals surface area contributed by atoms with Crippen molar-refractivity contribution in [2.45, 2.75) is 43.1 Å². The van der Waals surface area contributed by atoms with Crippen LogP contribution in [-0.2, 0) is 23.7 Å². The summed E-state index contributed by atoms with van der Waals surface area (Å²) < 4.78 is 25.7. The van der Waals surface area contributed by atoms with Gasteiger partial charge in [-0.1, -0.05) is 0 Å². The average Bonchev–Trinajstić information content (AvgIpc) is 2.23. The topological polar surface area (TPSA) is 83.5 Å². The van der Waals surface area contributed by atoms with Crippen LogP contribution in [0.1, 0.15) is 0 Å². The van der Waals surface area contributed by atoms with E-state index in [0.29, 0.717) is 0 Å². The highest BCUT2D eigenvalue weighted by Gasteiger charge is 2.66. The Balaban J connectivity index is 1.79. The number of rotatable bonds is 0. The lowest BCUT2D eigenvalue weighted by Gasteiger charge is -2.58. The van der Waals surface area contributed by atoms with E-state index < -0.39 is 49.3 Å². The van der Waals surface area contributed by atoms with Gasteiger partial charge in [0.25, 0.3) is 6.48 Å². The summed E-state index contributed by atoms with van der Waals surface area (Å²) in [4.78, 5) is 11.1. The standard InChI is InChI=1S/C8H8O7/c9-1-2-4-6-5(12-7(10)11-4)3(1)14-8(13-2)15-6/h1-6,8-9H/t1?,2-,3+,4+,5-,6?,8?. The number of carbonyl (C=O) groups is 1. The van der Waals surface area contributed by atoms with Crippen molar-refractivity contribution in [3.8, 4) is 0 Å². The summed E-state index contributed by atoms with van der Waals surface area (Å²) >= 11 is 0. The lowest BCUT2D eigenvalue weighted by atomic mass is 9.82. The highest BCUT2D eigenvalue weighted by molar-refractivity contribution is 5.62. The van der Waals surface area contributed by atoms with Gasteiger partial charge in [0.1, 0.15) is 24.4 Å². The molecule has 4 saturated heterocycles. The molecule has 5 aliphatic rings. The lowest BCUT2D eigenvalue weighted by molar-refractivity contribution is -0.489. The first-order chi connectivity index (χ1) is 7.24. The van der Waals surface area contributed by atoms with Crippen molar-refractivity contribution >= 4 is 6.16 Å². The molecule has 15 heavy (non-hydrogen) atoms. The van der Waals surface area contributed by atoms with Gasteiger partial charge >= 0.3 is 6.16 Å². The number of carbonyl (C=O) groups excluding carboxylic acids is 1. The molecule has 4 heterocycles. The van der Waals surface area contributed by atoms with Crippen LogP contribution in [-0.4, -0.2) is 54.4 Å². The molecule has 0 aromatic rings. The van der Waals surface area contributed by atoms with E-state index in [1.807, 2.05) is 0 Å². The quantitative estimate of drug-likeness (QED) is 0.505. The van der Waals surface area contributed by atoms with E-state index >= 15 is 0 Å². The Kier molecular flexibility index (Phi) is 1.34. The van der Waals surface area contributed by atoms with Gasteiger partial charge in [0.2, 0.25) is 0 Å². The second kappa shape index (κ2) is 2.43. The zero-order valence-corrected chi connectivity index (χ0v) is 7.44. The molecule has 0 radical (unpaired) electrons. The summed E-state index contributed by atoms with van der Waals surface area (Å²) in [6, 6.07) is 0.